The molecule has 0 N–H and O–H groups in total. The minimum atomic E-state index is 0.539. The van der Waals surface area contributed by atoms with Crippen molar-refractivity contribution in [1.29, 1.82) is 0 Å². The summed E-state index contributed by atoms with van der Waals surface area (Å²) >= 11 is 6.20. The number of methoxy groups -OCH3 is 1. The van der Waals surface area contributed by atoms with Crippen LogP contribution in [0.4, 0.5) is 0 Å². The summed E-state index contributed by atoms with van der Waals surface area (Å²) in [7, 11) is 1.76. The van der Waals surface area contributed by atoms with E-state index in [-0.39, 0.29) is 0 Å². The van der Waals surface area contributed by atoms with Crippen molar-refractivity contribution in [3.05, 3.63) is 46.6 Å². The van der Waals surface area contributed by atoms with Crippen LogP contribution in [0.2, 0.25) is 5.02 Å². The third kappa shape index (κ3) is 4.56. The van der Waals surface area contributed by atoms with Crippen LogP contribution in [0.15, 0.2) is 28.8 Å². The number of likely N-dealkylation sites (tertiary alicyclic amines) is 1. The van der Waals surface area contributed by atoms with E-state index < -0.39 is 0 Å². The van der Waals surface area contributed by atoms with Gasteiger partial charge in [0, 0.05) is 31.2 Å². The van der Waals surface area contributed by atoms with Gasteiger partial charge < -0.3 is 9.26 Å². The molecule has 0 amide bonds. The van der Waals surface area contributed by atoms with Gasteiger partial charge in [-0.1, -0.05) is 41.4 Å². The van der Waals surface area contributed by atoms with Gasteiger partial charge in [0.1, 0.15) is 0 Å². The first-order chi connectivity index (χ1) is 11.8. The summed E-state index contributed by atoms with van der Waals surface area (Å²) in [5.41, 5.74) is 1.02. The Balaban J connectivity index is 1.61. The molecule has 0 spiro atoms. The molecule has 6 heteroatoms. The Kier molecular flexibility index (Phi) is 6.24. The molecule has 0 bridgehead atoms. The average Bonchev–Trinajstić information content (AvgIpc) is 3.03. The fraction of sp³-hybridized carbons (Fsp3) is 0.556. The van der Waals surface area contributed by atoms with Crippen LogP contribution in [0.1, 0.15) is 43.0 Å². The molecule has 1 atom stereocenters. The van der Waals surface area contributed by atoms with E-state index >= 15 is 0 Å². The molecule has 2 heterocycles. The second-order valence-electron chi connectivity index (χ2n) is 6.27. The van der Waals surface area contributed by atoms with Crippen LogP contribution < -0.4 is 0 Å². The summed E-state index contributed by atoms with van der Waals surface area (Å²) in [5.74, 6) is 1.37. The molecule has 5 nitrogen and oxygen atoms in total. The minimum absolute atomic E-state index is 0.539. The molecular weight excluding hydrogens is 326 g/mol. The molecule has 3 rings (SSSR count). The van der Waals surface area contributed by atoms with Gasteiger partial charge in [-0.05, 0) is 37.4 Å². The zero-order chi connectivity index (χ0) is 16.8. The Bertz CT molecular complexity index is 647. The third-order valence-electron chi connectivity index (χ3n) is 4.56. The standard InChI is InChI=1S/C18H24ClN3O2/c1-23-11-9-15-7-4-5-10-22(15)13-18-20-17(21-24-18)12-14-6-2-3-8-16(14)19/h2-3,6,8,15H,4-5,7,9-13H2,1H3/t15-/m0/s1. The van der Waals surface area contributed by atoms with Crippen LogP contribution in [0, 0.1) is 0 Å². The van der Waals surface area contributed by atoms with Crippen molar-refractivity contribution in [1.82, 2.24) is 15.0 Å². The van der Waals surface area contributed by atoms with Gasteiger partial charge in [0.25, 0.3) is 0 Å². The molecule has 0 radical (unpaired) electrons. The maximum absolute atomic E-state index is 6.20. The van der Waals surface area contributed by atoms with E-state index in [1.165, 1.54) is 19.3 Å². The van der Waals surface area contributed by atoms with Gasteiger partial charge in [-0.2, -0.15) is 4.98 Å². The fourth-order valence-electron chi connectivity index (χ4n) is 3.26. The van der Waals surface area contributed by atoms with Crippen molar-refractivity contribution < 1.29 is 9.26 Å². The number of rotatable bonds is 7. The van der Waals surface area contributed by atoms with Gasteiger partial charge in [-0.25, -0.2) is 0 Å². The van der Waals surface area contributed by atoms with Crippen LogP contribution >= 0.6 is 11.6 Å². The maximum Gasteiger partial charge on any atom is 0.240 e. The lowest BCUT2D eigenvalue weighted by atomic mass is 10.00. The lowest BCUT2D eigenvalue weighted by Gasteiger charge is -2.34. The molecule has 1 fully saturated rings. The van der Waals surface area contributed by atoms with Gasteiger partial charge in [-0.15, -0.1) is 0 Å². The first-order valence-corrected chi connectivity index (χ1v) is 8.92. The minimum Gasteiger partial charge on any atom is -0.385 e. The number of benzene rings is 1. The Morgan fingerprint density at radius 3 is 3.04 bits per heavy atom. The Labute approximate surface area is 147 Å². The largest absolute Gasteiger partial charge is 0.385 e. The monoisotopic (exact) mass is 349 g/mol. The summed E-state index contributed by atoms with van der Waals surface area (Å²) in [6.45, 7) is 2.59. The van der Waals surface area contributed by atoms with Crippen molar-refractivity contribution in [2.24, 2.45) is 0 Å². The zero-order valence-electron chi connectivity index (χ0n) is 14.1. The number of halogens is 1. The lowest BCUT2D eigenvalue weighted by Crippen LogP contribution is -2.39. The van der Waals surface area contributed by atoms with E-state index in [0.717, 1.165) is 30.2 Å². The molecule has 1 aromatic heterocycles. The summed E-state index contributed by atoms with van der Waals surface area (Å²) in [6.07, 6.45) is 5.37. The first-order valence-electron chi connectivity index (χ1n) is 8.54. The fourth-order valence-corrected chi connectivity index (χ4v) is 3.46. The summed E-state index contributed by atoms with van der Waals surface area (Å²) in [6, 6.07) is 8.30. The van der Waals surface area contributed by atoms with Crippen molar-refractivity contribution in [2.75, 3.05) is 20.3 Å². The number of nitrogens with zero attached hydrogens (tertiary/aromatic N) is 3. The number of aromatic nitrogens is 2. The molecule has 0 unspecified atom stereocenters. The Morgan fingerprint density at radius 2 is 2.21 bits per heavy atom. The second kappa shape index (κ2) is 8.60. The molecule has 0 saturated carbocycles. The second-order valence-corrected chi connectivity index (χ2v) is 6.68. The van der Waals surface area contributed by atoms with Crippen LogP contribution in [0.5, 0.6) is 0 Å². The van der Waals surface area contributed by atoms with Crippen molar-refractivity contribution in [2.45, 2.75) is 44.7 Å². The van der Waals surface area contributed by atoms with E-state index in [1.807, 2.05) is 24.3 Å². The van der Waals surface area contributed by atoms with Crippen LogP contribution in [-0.2, 0) is 17.7 Å². The van der Waals surface area contributed by atoms with Crippen molar-refractivity contribution >= 4 is 11.6 Å². The summed E-state index contributed by atoms with van der Waals surface area (Å²) in [5, 5.41) is 4.84. The average molecular weight is 350 g/mol. The van der Waals surface area contributed by atoms with Gasteiger partial charge in [0.2, 0.25) is 5.89 Å². The van der Waals surface area contributed by atoms with Crippen LogP contribution in [0.3, 0.4) is 0 Å². The van der Waals surface area contributed by atoms with E-state index in [1.54, 1.807) is 7.11 Å². The third-order valence-corrected chi connectivity index (χ3v) is 4.93. The summed E-state index contributed by atoms with van der Waals surface area (Å²) in [4.78, 5) is 6.99. The first kappa shape index (κ1) is 17.4. The molecule has 1 aliphatic heterocycles. The molecule has 2 aromatic rings. The Hall–Kier alpha value is -1.43. The van der Waals surface area contributed by atoms with Crippen LogP contribution in [0.25, 0.3) is 0 Å². The predicted molar refractivity (Wildman–Crippen MR) is 93.1 cm³/mol. The molecule has 1 saturated heterocycles. The smallest absolute Gasteiger partial charge is 0.240 e. The predicted octanol–water partition coefficient (Wildman–Crippen LogP) is 3.70. The van der Waals surface area contributed by atoms with Gasteiger partial charge in [0.05, 0.1) is 6.54 Å². The van der Waals surface area contributed by atoms with E-state index in [0.29, 0.717) is 30.7 Å². The number of piperidine rings is 1. The maximum atomic E-state index is 6.20. The van der Waals surface area contributed by atoms with E-state index in [4.69, 9.17) is 20.9 Å². The quantitative estimate of drug-likeness (QED) is 0.762. The molecule has 0 aliphatic carbocycles. The highest BCUT2D eigenvalue weighted by Gasteiger charge is 2.24. The topological polar surface area (TPSA) is 51.4 Å². The zero-order valence-corrected chi connectivity index (χ0v) is 14.8. The molecule has 130 valence electrons. The molecule has 24 heavy (non-hydrogen) atoms. The normalized spacial score (nSPS) is 18.8. The van der Waals surface area contributed by atoms with Gasteiger partial charge in [-0.3, -0.25) is 4.90 Å². The molecule has 1 aromatic carbocycles. The molecular formula is C18H24ClN3O2. The highest BCUT2D eigenvalue weighted by molar-refractivity contribution is 6.31. The van der Waals surface area contributed by atoms with Crippen molar-refractivity contribution in [3.8, 4) is 0 Å². The van der Waals surface area contributed by atoms with E-state index in [9.17, 15) is 0 Å². The van der Waals surface area contributed by atoms with E-state index in [2.05, 4.69) is 15.0 Å². The lowest BCUT2D eigenvalue weighted by molar-refractivity contribution is 0.0882. The number of hydrogen-bond donors (Lipinski definition) is 0. The highest BCUT2D eigenvalue weighted by atomic mass is 35.5. The Morgan fingerprint density at radius 1 is 1.33 bits per heavy atom. The van der Waals surface area contributed by atoms with Gasteiger partial charge in [0.15, 0.2) is 5.82 Å². The van der Waals surface area contributed by atoms with Crippen LogP contribution in [-0.4, -0.2) is 41.3 Å². The SMILES string of the molecule is COCC[C@@H]1CCCCN1Cc1nc(Cc2ccccc2Cl)no1. The molecule has 1 aliphatic rings. The summed E-state index contributed by atoms with van der Waals surface area (Å²) < 4.78 is 10.7. The van der Waals surface area contributed by atoms with Gasteiger partial charge >= 0.3 is 0 Å². The highest BCUT2D eigenvalue weighted by Crippen LogP contribution is 2.22. The van der Waals surface area contributed by atoms with Crippen molar-refractivity contribution in [3.63, 3.8) is 0 Å². The number of hydrogen-bond acceptors (Lipinski definition) is 5. The number of ether oxygens (including phenoxy) is 1.